The van der Waals surface area contributed by atoms with Crippen LogP contribution in [0.2, 0.25) is 5.02 Å². The number of allylic oxidation sites excluding steroid dienone is 2. The number of nitrogens with one attached hydrogen (secondary N) is 1. The minimum atomic E-state index is -0.113. The van der Waals surface area contributed by atoms with Crippen LogP contribution in [0.4, 0.5) is 15.9 Å². The Kier molecular flexibility index (Phi) is 5.77. The zero-order chi connectivity index (χ0) is 19.5. The third-order valence-electron chi connectivity index (χ3n) is 4.32. The maximum absolute atomic E-state index is 13.4. The second-order valence-electron chi connectivity index (χ2n) is 6.35. The Morgan fingerprint density at radius 3 is 2.89 bits per heavy atom. The molecule has 0 radical (unpaired) electrons. The number of hydrogen-bond acceptors (Lipinski definition) is 4. The van der Waals surface area contributed by atoms with Crippen molar-refractivity contribution in [1.29, 1.82) is 0 Å². The molecule has 0 spiro atoms. The molecule has 1 heterocycles. The van der Waals surface area contributed by atoms with Crippen LogP contribution in [-0.2, 0) is 0 Å². The maximum Gasteiger partial charge on any atom is 0.141 e. The van der Waals surface area contributed by atoms with Crippen molar-refractivity contribution in [2.45, 2.75) is 12.8 Å². The van der Waals surface area contributed by atoms with Crippen LogP contribution >= 0.6 is 34.2 Å². The SMILES string of the molecule is FC1=CC(COc2ccc(Nc3ncnc4ccc(I)cc34)cc2Cl)=CCC1. The molecule has 142 valence electrons. The summed E-state index contributed by atoms with van der Waals surface area (Å²) in [5.74, 6) is 1.15. The van der Waals surface area contributed by atoms with Crippen molar-refractivity contribution in [3.8, 4) is 5.75 Å². The average Bonchev–Trinajstić information content (AvgIpc) is 2.68. The third kappa shape index (κ3) is 4.44. The first kappa shape index (κ1) is 19.1. The standard InChI is InChI=1S/C21H16ClFIN3O/c22-18-10-16(5-7-20(18)28-11-13-2-1-3-14(23)8-13)27-21-17-9-15(24)4-6-19(17)25-12-26-21/h2,4-10,12H,1,3,11H2,(H,25,26,27). The highest BCUT2D eigenvalue weighted by atomic mass is 127. The van der Waals surface area contributed by atoms with Crippen molar-refractivity contribution < 1.29 is 9.13 Å². The van der Waals surface area contributed by atoms with Gasteiger partial charge in [-0.15, -0.1) is 0 Å². The van der Waals surface area contributed by atoms with Gasteiger partial charge in [-0.05, 0) is 77.1 Å². The van der Waals surface area contributed by atoms with Crippen LogP contribution in [0.5, 0.6) is 5.75 Å². The largest absolute Gasteiger partial charge is 0.487 e. The predicted octanol–water partition coefficient (Wildman–Crippen LogP) is 6.58. The summed E-state index contributed by atoms with van der Waals surface area (Å²) in [7, 11) is 0. The molecule has 0 saturated carbocycles. The van der Waals surface area contributed by atoms with E-state index in [1.165, 1.54) is 12.4 Å². The van der Waals surface area contributed by atoms with Gasteiger partial charge in [0.2, 0.25) is 0 Å². The lowest BCUT2D eigenvalue weighted by Crippen LogP contribution is -2.03. The topological polar surface area (TPSA) is 47.0 Å². The van der Waals surface area contributed by atoms with Crippen molar-refractivity contribution in [3.05, 3.63) is 74.9 Å². The number of nitrogens with zero attached hydrogens (tertiary/aromatic N) is 2. The van der Waals surface area contributed by atoms with Crippen molar-refractivity contribution in [2.75, 3.05) is 11.9 Å². The summed E-state index contributed by atoms with van der Waals surface area (Å²) in [6, 6.07) is 11.4. The van der Waals surface area contributed by atoms with E-state index in [-0.39, 0.29) is 12.4 Å². The summed E-state index contributed by atoms with van der Waals surface area (Å²) in [5, 5.41) is 4.69. The van der Waals surface area contributed by atoms with Crippen molar-refractivity contribution >= 4 is 56.6 Å². The zero-order valence-corrected chi connectivity index (χ0v) is 17.7. The Bertz CT molecular complexity index is 1100. The Balaban J connectivity index is 1.51. The third-order valence-corrected chi connectivity index (χ3v) is 5.28. The van der Waals surface area contributed by atoms with Crippen LogP contribution in [-0.4, -0.2) is 16.6 Å². The van der Waals surface area contributed by atoms with Gasteiger partial charge in [-0.2, -0.15) is 0 Å². The van der Waals surface area contributed by atoms with E-state index in [1.54, 1.807) is 12.1 Å². The first-order chi connectivity index (χ1) is 13.6. The summed E-state index contributed by atoms with van der Waals surface area (Å²) in [4.78, 5) is 8.64. The van der Waals surface area contributed by atoms with Crippen LogP contribution < -0.4 is 10.1 Å². The number of fused-ring (bicyclic) bond motifs is 1. The first-order valence-electron chi connectivity index (χ1n) is 8.73. The molecule has 0 unspecified atom stereocenters. The van der Waals surface area contributed by atoms with Gasteiger partial charge in [0.25, 0.3) is 0 Å². The summed E-state index contributed by atoms with van der Waals surface area (Å²) in [5.41, 5.74) is 2.48. The molecule has 2 aromatic carbocycles. The molecule has 4 nitrogen and oxygen atoms in total. The molecule has 7 heteroatoms. The van der Waals surface area contributed by atoms with Gasteiger partial charge in [-0.3, -0.25) is 0 Å². The van der Waals surface area contributed by atoms with Gasteiger partial charge in [0, 0.05) is 21.1 Å². The van der Waals surface area contributed by atoms with Gasteiger partial charge in [0.15, 0.2) is 0 Å². The minimum absolute atomic E-state index is 0.113. The monoisotopic (exact) mass is 507 g/mol. The maximum atomic E-state index is 13.4. The van der Waals surface area contributed by atoms with Gasteiger partial charge in [0.05, 0.1) is 10.5 Å². The van der Waals surface area contributed by atoms with Gasteiger partial charge < -0.3 is 10.1 Å². The fourth-order valence-corrected chi connectivity index (χ4v) is 3.68. The van der Waals surface area contributed by atoms with Crippen LogP contribution in [0.1, 0.15) is 12.8 Å². The predicted molar refractivity (Wildman–Crippen MR) is 119 cm³/mol. The van der Waals surface area contributed by atoms with E-state index in [0.29, 0.717) is 29.4 Å². The van der Waals surface area contributed by atoms with Crippen LogP contribution in [0.25, 0.3) is 10.9 Å². The number of hydrogen-bond donors (Lipinski definition) is 1. The summed E-state index contributed by atoms with van der Waals surface area (Å²) in [6.07, 6.45) is 6.19. The lowest BCUT2D eigenvalue weighted by molar-refractivity contribution is 0.353. The molecule has 28 heavy (non-hydrogen) atoms. The van der Waals surface area contributed by atoms with E-state index < -0.39 is 0 Å². The van der Waals surface area contributed by atoms with E-state index in [2.05, 4.69) is 37.9 Å². The molecule has 1 aliphatic rings. The molecule has 4 rings (SSSR count). The van der Waals surface area contributed by atoms with Gasteiger partial charge in [-0.1, -0.05) is 17.7 Å². The van der Waals surface area contributed by atoms with Crippen LogP contribution in [0.3, 0.4) is 0 Å². The van der Waals surface area contributed by atoms with Crippen molar-refractivity contribution in [1.82, 2.24) is 9.97 Å². The highest BCUT2D eigenvalue weighted by molar-refractivity contribution is 14.1. The quantitative estimate of drug-likeness (QED) is 0.396. The Hall–Kier alpha value is -2.19. The summed E-state index contributed by atoms with van der Waals surface area (Å²) >= 11 is 8.64. The molecule has 0 saturated heterocycles. The van der Waals surface area contributed by atoms with Crippen molar-refractivity contribution in [3.63, 3.8) is 0 Å². The molecule has 0 fully saturated rings. The summed E-state index contributed by atoms with van der Waals surface area (Å²) in [6.45, 7) is 0.287. The van der Waals surface area contributed by atoms with E-state index in [1.807, 2.05) is 30.3 Å². The second-order valence-corrected chi connectivity index (χ2v) is 8.00. The highest BCUT2D eigenvalue weighted by Crippen LogP contribution is 2.31. The highest BCUT2D eigenvalue weighted by Gasteiger charge is 2.09. The Morgan fingerprint density at radius 2 is 2.07 bits per heavy atom. The number of aromatic nitrogens is 2. The van der Waals surface area contributed by atoms with E-state index in [4.69, 9.17) is 16.3 Å². The second kappa shape index (κ2) is 8.45. The van der Waals surface area contributed by atoms with E-state index in [9.17, 15) is 4.39 Å². The average molecular weight is 508 g/mol. The van der Waals surface area contributed by atoms with Crippen LogP contribution in [0, 0.1) is 3.57 Å². The molecule has 1 N–H and O–H groups in total. The zero-order valence-electron chi connectivity index (χ0n) is 14.8. The first-order valence-corrected chi connectivity index (χ1v) is 10.2. The molecule has 0 aliphatic heterocycles. The normalized spacial score (nSPS) is 13.8. The van der Waals surface area contributed by atoms with Gasteiger partial charge in [0.1, 0.15) is 30.3 Å². The van der Waals surface area contributed by atoms with Crippen LogP contribution in [0.15, 0.2) is 66.3 Å². The molecule has 1 aliphatic carbocycles. The summed E-state index contributed by atoms with van der Waals surface area (Å²) < 4.78 is 20.2. The molecule has 0 atom stereocenters. The molecule has 0 bridgehead atoms. The smallest absolute Gasteiger partial charge is 0.141 e. The van der Waals surface area contributed by atoms with Gasteiger partial charge >= 0.3 is 0 Å². The Morgan fingerprint density at radius 1 is 1.18 bits per heavy atom. The van der Waals surface area contributed by atoms with E-state index in [0.717, 1.165) is 25.7 Å². The molecule has 0 amide bonds. The van der Waals surface area contributed by atoms with Gasteiger partial charge in [-0.25, -0.2) is 14.4 Å². The fourth-order valence-electron chi connectivity index (χ4n) is 2.95. The molecular weight excluding hydrogens is 492 g/mol. The minimum Gasteiger partial charge on any atom is -0.487 e. The van der Waals surface area contributed by atoms with E-state index >= 15 is 0 Å². The fraction of sp³-hybridized carbons (Fsp3) is 0.143. The molecule has 3 aromatic rings. The Labute approximate surface area is 180 Å². The number of benzene rings is 2. The number of halogens is 3. The van der Waals surface area contributed by atoms with Crippen molar-refractivity contribution in [2.24, 2.45) is 0 Å². The lowest BCUT2D eigenvalue weighted by Gasteiger charge is -2.13. The number of anilines is 2. The number of rotatable bonds is 5. The molecular formula is C21H16ClFIN3O. The lowest BCUT2D eigenvalue weighted by atomic mass is 10.1. The molecule has 1 aromatic heterocycles. The number of ether oxygens (including phenoxy) is 1.